The van der Waals surface area contributed by atoms with Crippen molar-refractivity contribution in [2.45, 2.75) is 78.4 Å². The average Bonchev–Trinajstić information content (AvgIpc) is 2.76. The van der Waals surface area contributed by atoms with Crippen LogP contribution in [0, 0.1) is 0 Å². The zero-order chi connectivity index (χ0) is 25.5. The topological polar surface area (TPSA) is 67.9 Å². The van der Waals surface area contributed by atoms with Gasteiger partial charge in [0.05, 0.1) is 7.11 Å². The Morgan fingerprint density at radius 2 is 1.47 bits per heavy atom. The maximum absolute atomic E-state index is 13.3. The van der Waals surface area contributed by atoms with Gasteiger partial charge in [0, 0.05) is 12.1 Å². The molecule has 186 valence electrons. The monoisotopic (exact) mass is 468 g/mol. The van der Waals surface area contributed by atoms with E-state index in [1.54, 1.807) is 12.0 Å². The number of hydrogen-bond donors (Lipinski definition) is 1. The summed E-state index contributed by atoms with van der Waals surface area (Å²) in [4.78, 5) is 28.0. The summed E-state index contributed by atoms with van der Waals surface area (Å²) < 4.78 is 11.1. The molecular weight excluding hydrogens is 428 g/mol. The predicted octanol–water partition coefficient (Wildman–Crippen LogP) is 5.09. The van der Waals surface area contributed by atoms with Gasteiger partial charge < -0.3 is 19.7 Å². The van der Waals surface area contributed by atoms with E-state index in [-0.39, 0.29) is 23.8 Å². The van der Waals surface area contributed by atoms with E-state index in [9.17, 15) is 9.59 Å². The Hall–Kier alpha value is -3.02. The molecule has 0 heterocycles. The smallest absolute Gasteiger partial charge is 0.261 e. The summed E-state index contributed by atoms with van der Waals surface area (Å²) in [5.41, 5.74) is 1.74. The average molecular weight is 469 g/mol. The number of hydrogen-bond acceptors (Lipinski definition) is 4. The third kappa shape index (κ3) is 8.08. The predicted molar refractivity (Wildman–Crippen MR) is 136 cm³/mol. The molecule has 2 rings (SSSR count). The van der Waals surface area contributed by atoms with Crippen LogP contribution in [0.1, 0.15) is 66.0 Å². The SMILES string of the molecule is CCC(C(=O)NC(C)(C)C)N(Cc1ccc(OC)cc1)C(=O)COc1ccc(C(C)(C)C)cc1. The second-order valence-corrected chi connectivity index (χ2v) is 10.6. The van der Waals surface area contributed by atoms with Crippen LogP contribution in [-0.4, -0.2) is 42.0 Å². The Morgan fingerprint density at radius 1 is 0.912 bits per heavy atom. The van der Waals surface area contributed by atoms with Crippen LogP contribution < -0.4 is 14.8 Å². The summed E-state index contributed by atoms with van der Waals surface area (Å²) >= 11 is 0. The molecule has 0 aromatic heterocycles. The Morgan fingerprint density at radius 3 is 1.94 bits per heavy atom. The summed E-state index contributed by atoms with van der Waals surface area (Å²) in [5, 5.41) is 3.01. The van der Waals surface area contributed by atoms with E-state index in [1.807, 2.05) is 76.2 Å². The number of methoxy groups -OCH3 is 1. The van der Waals surface area contributed by atoms with Gasteiger partial charge in [-0.25, -0.2) is 0 Å². The number of amides is 2. The molecular formula is C28H40N2O4. The molecule has 0 bridgehead atoms. The second kappa shape index (κ2) is 11.4. The fourth-order valence-electron chi connectivity index (χ4n) is 3.58. The van der Waals surface area contributed by atoms with Crippen LogP contribution in [0.4, 0.5) is 0 Å². The minimum Gasteiger partial charge on any atom is -0.497 e. The van der Waals surface area contributed by atoms with E-state index in [0.29, 0.717) is 18.7 Å². The van der Waals surface area contributed by atoms with Crippen LogP contribution in [0.3, 0.4) is 0 Å². The van der Waals surface area contributed by atoms with Crippen molar-refractivity contribution in [3.63, 3.8) is 0 Å². The number of benzene rings is 2. The van der Waals surface area contributed by atoms with E-state index in [4.69, 9.17) is 9.47 Å². The summed E-state index contributed by atoms with van der Waals surface area (Å²) in [6, 6.07) is 14.7. The summed E-state index contributed by atoms with van der Waals surface area (Å²) in [5.74, 6) is 0.942. The zero-order valence-corrected chi connectivity index (χ0v) is 21.9. The van der Waals surface area contributed by atoms with Gasteiger partial charge in [-0.2, -0.15) is 0 Å². The van der Waals surface area contributed by atoms with Crippen LogP contribution >= 0.6 is 0 Å². The lowest BCUT2D eigenvalue weighted by Gasteiger charge is -2.33. The van der Waals surface area contributed by atoms with Crippen LogP contribution in [0.15, 0.2) is 48.5 Å². The first kappa shape index (κ1) is 27.2. The summed E-state index contributed by atoms with van der Waals surface area (Å²) in [7, 11) is 1.61. The number of nitrogens with one attached hydrogen (secondary N) is 1. The molecule has 34 heavy (non-hydrogen) atoms. The molecule has 2 amide bonds. The maximum Gasteiger partial charge on any atom is 0.261 e. The van der Waals surface area contributed by atoms with Crippen LogP contribution in [-0.2, 0) is 21.5 Å². The van der Waals surface area contributed by atoms with Crippen molar-refractivity contribution in [2.75, 3.05) is 13.7 Å². The lowest BCUT2D eigenvalue weighted by molar-refractivity contribution is -0.143. The highest BCUT2D eigenvalue weighted by Gasteiger charge is 2.31. The zero-order valence-electron chi connectivity index (χ0n) is 21.9. The highest BCUT2D eigenvalue weighted by molar-refractivity contribution is 5.88. The van der Waals surface area contributed by atoms with Crippen molar-refractivity contribution < 1.29 is 19.1 Å². The minimum atomic E-state index is -0.610. The summed E-state index contributed by atoms with van der Waals surface area (Å²) in [6.45, 7) is 14.3. The molecule has 0 aliphatic rings. The highest BCUT2D eigenvalue weighted by atomic mass is 16.5. The van der Waals surface area contributed by atoms with Crippen molar-refractivity contribution in [2.24, 2.45) is 0 Å². The lowest BCUT2D eigenvalue weighted by atomic mass is 9.87. The number of rotatable bonds is 9. The minimum absolute atomic E-state index is 0.0400. The van der Waals surface area contributed by atoms with Crippen LogP contribution in [0.5, 0.6) is 11.5 Å². The van der Waals surface area contributed by atoms with Crippen molar-refractivity contribution >= 4 is 11.8 Å². The number of carbonyl (C=O) groups excluding carboxylic acids is 2. The van der Waals surface area contributed by atoms with Crippen molar-refractivity contribution in [3.05, 3.63) is 59.7 Å². The lowest BCUT2D eigenvalue weighted by Crippen LogP contribution is -2.54. The normalized spacial score (nSPS) is 12.6. The standard InChI is InChI=1S/C28H40N2O4/c1-9-24(26(32)29-28(5,6)7)30(18-20-10-14-22(33-8)15-11-20)25(31)19-34-23-16-12-21(13-17-23)27(2,3)4/h10-17,24H,9,18-19H2,1-8H3,(H,29,32). The van der Waals surface area contributed by atoms with Crippen molar-refractivity contribution in [3.8, 4) is 11.5 Å². The molecule has 0 saturated carbocycles. The molecule has 0 saturated heterocycles. The molecule has 6 nitrogen and oxygen atoms in total. The molecule has 1 N–H and O–H groups in total. The van der Waals surface area contributed by atoms with Gasteiger partial charge in [-0.05, 0) is 68.0 Å². The van der Waals surface area contributed by atoms with E-state index in [1.165, 1.54) is 5.56 Å². The molecule has 2 aromatic carbocycles. The maximum atomic E-state index is 13.3. The van der Waals surface area contributed by atoms with Crippen LogP contribution in [0.2, 0.25) is 0 Å². The van der Waals surface area contributed by atoms with E-state index in [2.05, 4.69) is 26.1 Å². The fourth-order valence-corrected chi connectivity index (χ4v) is 3.58. The molecule has 0 radical (unpaired) electrons. The highest BCUT2D eigenvalue weighted by Crippen LogP contribution is 2.24. The summed E-state index contributed by atoms with van der Waals surface area (Å²) in [6.07, 6.45) is 0.490. The first-order chi connectivity index (χ1) is 15.8. The molecule has 0 fully saturated rings. The third-order valence-corrected chi connectivity index (χ3v) is 5.48. The molecule has 1 unspecified atom stereocenters. The van der Waals surface area contributed by atoms with Gasteiger partial charge in [-0.1, -0.05) is 52.0 Å². The molecule has 0 aliphatic carbocycles. The quantitative estimate of drug-likeness (QED) is 0.556. The van der Waals surface area contributed by atoms with Gasteiger partial charge in [0.2, 0.25) is 5.91 Å². The van der Waals surface area contributed by atoms with Gasteiger partial charge >= 0.3 is 0 Å². The molecule has 2 aromatic rings. The number of nitrogens with zero attached hydrogens (tertiary/aromatic N) is 1. The van der Waals surface area contributed by atoms with Gasteiger partial charge in [-0.15, -0.1) is 0 Å². The first-order valence-electron chi connectivity index (χ1n) is 11.8. The van der Waals surface area contributed by atoms with Gasteiger partial charge in [-0.3, -0.25) is 9.59 Å². The fraction of sp³-hybridized carbons (Fsp3) is 0.500. The van der Waals surface area contributed by atoms with E-state index < -0.39 is 11.6 Å². The Labute approximate surface area is 204 Å². The molecule has 1 atom stereocenters. The second-order valence-electron chi connectivity index (χ2n) is 10.6. The van der Waals surface area contributed by atoms with Crippen molar-refractivity contribution in [1.82, 2.24) is 10.2 Å². The molecule has 6 heteroatoms. The van der Waals surface area contributed by atoms with E-state index in [0.717, 1.165) is 11.3 Å². The van der Waals surface area contributed by atoms with Gasteiger partial charge in [0.25, 0.3) is 5.91 Å². The Balaban J connectivity index is 2.22. The Kier molecular flexibility index (Phi) is 9.14. The van der Waals surface area contributed by atoms with Gasteiger partial charge in [0.1, 0.15) is 17.5 Å². The van der Waals surface area contributed by atoms with E-state index >= 15 is 0 Å². The van der Waals surface area contributed by atoms with Crippen molar-refractivity contribution in [1.29, 1.82) is 0 Å². The Bertz CT molecular complexity index is 938. The number of ether oxygens (including phenoxy) is 2. The van der Waals surface area contributed by atoms with Crippen LogP contribution in [0.25, 0.3) is 0 Å². The third-order valence-electron chi connectivity index (χ3n) is 5.48. The van der Waals surface area contributed by atoms with Gasteiger partial charge in [0.15, 0.2) is 6.61 Å². The number of carbonyl (C=O) groups is 2. The molecule has 0 aliphatic heterocycles. The molecule has 0 spiro atoms. The first-order valence-corrected chi connectivity index (χ1v) is 11.8. The largest absolute Gasteiger partial charge is 0.497 e.